The van der Waals surface area contributed by atoms with Crippen molar-refractivity contribution in [3.63, 3.8) is 0 Å². The average Bonchev–Trinajstić information content (AvgIpc) is 2.97. The van der Waals surface area contributed by atoms with Crippen LogP contribution in [0, 0.1) is 18.8 Å². The number of carbonyl (C=O) groups is 1. The van der Waals surface area contributed by atoms with Crippen molar-refractivity contribution >= 4 is 30.7 Å². The minimum absolute atomic E-state index is 0. The SMILES string of the molecule is Cc1nccn1CC(C)CNC(=O)C(C)C(N)c1ccccc1.Cl.Cl. The number of imidazole rings is 1. The molecule has 0 saturated carbocycles. The van der Waals surface area contributed by atoms with Crippen LogP contribution in [0.1, 0.15) is 31.3 Å². The van der Waals surface area contributed by atoms with Crippen molar-refractivity contribution in [1.82, 2.24) is 14.9 Å². The minimum Gasteiger partial charge on any atom is -0.355 e. The number of rotatable bonds is 7. The lowest BCUT2D eigenvalue weighted by atomic mass is 9.94. The summed E-state index contributed by atoms with van der Waals surface area (Å²) in [5, 5.41) is 3.01. The van der Waals surface area contributed by atoms with E-state index in [1.165, 1.54) is 0 Å². The number of nitrogens with one attached hydrogen (secondary N) is 1. The quantitative estimate of drug-likeness (QED) is 0.767. The predicted molar refractivity (Wildman–Crippen MR) is 106 cm³/mol. The first-order chi connectivity index (χ1) is 11.0. The molecule has 0 aliphatic heterocycles. The lowest BCUT2D eigenvalue weighted by molar-refractivity contribution is -0.125. The van der Waals surface area contributed by atoms with Gasteiger partial charge in [-0.25, -0.2) is 4.98 Å². The zero-order chi connectivity index (χ0) is 16.8. The van der Waals surface area contributed by atoms with Gasteiger partial charge in [-0.3, -0.25) is 4.79 Å². The maximum Gasteiger partial charge on any atom is 0.224 e. The van der Waals surface area contributed by atoms with E-state index in [2.05, 4.69) is 21.8 Å². The van der Waals surface area contributed by atoms with Gasteiger partial charge in [0, 0.05) is 31.5 Å². The molecular weight excluding hydrogens is 359 g/mol. The van der Waals surface area contributed by atoms with Crippen LogP contribution in [0.2, 0.25) is 0 Å². The van der Waals surface area contributed by atoms with Crippen LogP contribution in [0.15, 0.2) is 42.7 Å². The highest BCUT2D eigenvalue weighted by Gasteiger charge is 2.22. The van der Waals surface area contributed by atoms with Crippen molar-refractivity contribution < 1.29 is 4.79 Å². The summed E-state index contributed by atoms with van der Waals surface area (Å²) < 4.78 is 2.09. The fourth-order valence-corrected chi connectivity index (χ4v) is 2.56. The zero-order valence-corrected chi connectivity index (χ0v) is 16.5. The molecule has 0 bridgehead atoms. The molecule has 1 aromatic carbocycles. The van der Waals surface area contributed by atoms with Gasteiger partial charge in [0.25, 0.3) is 0 Å². The van der Waals surface area contributed by atoms with Gasteiger partial charge >= 0.3 is 0 Å². The van der Waals surface area contributed by atoms with Crippen LogP contribution in [0.25, 0.3) is 0 Å². The van der Waals surface area contributed by atoms with Gasteiger partial charge in [-0.1, -0.05) is 44.2 Å². The molecule has 0 fully saturated rings. The molecule has 5 nitrogen and oxygen atoms in total. The number of halogens is 2. The summed E-state index contributed by atoms with van der Waals surface area (Å²) in [6.45, 7) is 7.43. The summed E-state index contributed by atoms with van der Waals surface area (Å²) in [5.41, 5.74) is 7.19. The third-order valence-electron chi connectivity index (χ3n) is 4.19. The molecule has 0 spiro atoms. The Kier molecular flexibility index (Phi) is 10.4. The predicted octanol–water partition coefficient (Wildman–Crippen LogP) is 3.12. The number of nitrogens with zero attached hydrogens (tertiary/aromatic N) is 2. The highest BCUT2D eigenvalue weighted by molar-refractivity contribution is 5.85. The smallest absolute Gasteiger partial charge is 0.224 e. The number of carbonyl (C=O) groups excluding carboxylic acids is 1. The van der Waals surface area contributed by atoms with Crippen LogP contribution < -0.4 is 11.1 Å². The second kappa shape index (κ2) is 11.1. The number of benzene rings is 1. The average molecular weight is 387 g/mol. The maximum absolute atomic E-state index is 12.3. The summed E-state index contributed by atoms with van der Waals surface area (Å²) in [7, 11) is 0. The molecule has 0 aliphatic rings. The monoisotopic (exact) mass is 386 g/mol. The van der Waals surface area contributed by atoms with E-state index >= 15 is 0 Å². The van der Waals surface area contributed by atoms with E-state index in [1.54, 1.807) is 6.20 Å². The molecular formula is C18H28Cl2N4O. The molecule has 25 heavy (non-hydrogen) atoms. The van der Waals surface area contributed by atoms with Crippen LogP contribution in [0.3, 0.4) is 0 Å². The molecule has 0 radical (unpaired) electrons. The largest absolute Gasteiger partial charge is 0.355 e. The van der Waals surface area contributed by atoms with Crippen LogP contribution in [0.5, 0.6) is 0 Å². The summed E-state index contributed by atoms with van der Waals surface area (Å²) in [5.74, 6) is 1.05. The van der Waals surface area contributed by atoms with Crippen molar-refractivity contribution in [3.05, 3.63) is 54.1 Å². The summed E-state index contributed by atoms with van der Waals surface area (Å²) in [6, 6.07) is 9.45. The van der Waals surface area contributed by atoms with E-state index in [-0.39, 0.29) is 42.7 Å². The van der Waals surface area contributed by atoms with Gasteiger partial charge < -0.3 is 15.6 Å². The first-order valence-electron chi connectivity index (χ1n) is 8.05. The molecule has 2 aromatic rings. The molecule has 3 atom stereocenters. The maximum atomic E-state index is 12.3. The summed E-state index contributed by atoms with van der Waals surface area (Å²) in [6.07, 6.45) is 3.75. The number of aromatic nitrogens is 2. The Bertz CT molecular complexity index is 633. The summed E-state index contributed by atoms with van der Waals surface area (Å²) in [4.78, 5) is 16.5. The number of aryl methyl sites for hydroxylation is 1. The number of hydrogen-bond acceptors (Lipinski definition) is 3. The Balaban J connectivity index is 0.00000288. The molecule has 2 rings (SSSR count). The Morgan fingerprint density at radius 3 is 2.44 bits per heavy atom. The van der Waals surface area contributed by atoms with Crippen LogP contribution in [-0.4, -0.2) is 22.0 Å². The van der Waals surface area contributed by atoms with Gasteiger partial charge in [0.2, 0.25) is 5.91 Å². The topological polar surface area (TPSA) is 72.9 Å². The van der Waals surface area contributed by atoms with Crippen molar-refractivity contribution in [2.24, 2.45) is 17.6 Å². The standard InChI is InChI=1S/C18H26N4O.2ClH/c1-13(12-22-10-9-20-15(22)3)11-21-18(23)14(2)17(19)16-7-5-4-6-8-16;;/h4-10,13-14,17H,11-12,19H2,1-3H3,(H,21,23);2*1H. The lowest BCUT2D eigenvalue weighted by Gasteiger charge is -2.21. The van der Waals surface area contributed by atoms with Gasteiger partial charge in [0.15, 0.2) is 0 Å². The molecule has 0 aliphatic carbocycles. The first-order valence-corrected chi connectivity index (χ1v) is 8.05. The fourth-order valence-electron chi connectivity index (χ4n) is 2.56. The van der Waals surface area contributed by atoms with Gasteiger partial charge in [-0.2, -0.15) is 0 Å². The van der Waals surface area contributed by atoms with Crippen LogP contribution in [-0.2, 0) is 11.3 Å². The second-order valence-electron chi connectivity index (χ2n) is 6.20. The minimum atomic E-state index is -0.289. The Morgan fingerprint density at radius 1 is 1.24 bits per heavy atom. The van der Waals surface area contributed by atoms with Gasteiger partial charge in [0.05, 0.1) is 5.92 Å². The molecule has 7 heteroatoms. The van der Waals surface area contributed by atoms with Crippen molar-refractivity contribution in [3.8, 4) is 0 Å². The Morgan fingerprint density at radius 2 is 1.88 bits per heavy atom. The molecule has 3 N–H and O–H groups in total. The van der Waals surface area contributed by atoms with E-state index in [4.69, 9.17) is 5.73 Å². The summed E-state index contributed by atoms with van der Waals surface area (Å²) >= 11 is 0. The lowest BCUT2D eigenvalue weighted by Crippen LogP contribution is -2.38. The first kappa shape index (κ1) is 23.4. The van der Waals surface area contributed by atoms with Crippen LogP contribution >= 0.6 is 24.8 Å². The van der Waals surface area contributed by atoms with Crippen molar-refractivity contribution in [2.75, 3.05) is 6.54 Å². The van der Waals surface area contributed by atoms with E-state index in [9.17, 15) is 4.79 Å². The van der Waals surface area contributed by atoms with E-state index in [1.807, 2.05) is 50.4 Å². The van der Waals surface area contributed by atoms with Gasteiger partial charge in [-0.15, -0.1) is 24.8 Å². The molecule has 1 heterocycles. The van der Waals surface area contributed by atoms with E-state index in [0.717, 1.165) is 17.9 Å². The molecule has 3 unspecified atom stereocenters. The van der Waals surface area contributed by atoms with Gasteiger partial charge in [0.1, 0.15) is 5.82 Å². The highest BCUT2D eigenvalue weighted by Crippen LogP contribution is 2.19. The Hall–Kier alpha value is -1.56. The third kappa shape index (κ3) is 6.69. The normalized spacial score (nSPS) is 13.8. The van der Waals surface area contributed by atoms with Crippen molar-refractivity contribution in [2.45, 2.75) is 33.4 Å². The molecule has 0 saturated heterocycles. The molecule has 140 valence electrons. The van der Waals surface area contributed by atoms with Crippen molar-refractivity contribution in [1.29, 1.82) is 0 Å². The molecule has 1 amide bonds. The van der Waals surface area contributed by atoms with E-state index < -0.39 is 0 Å². The highest BCUT2D eigenvalue weighted by atomic mass is 35.5. The van der Waals surface area contributed by atoms with Gasteiger partial charge in [-0.05, 0) is 18.4 Å². The zero-order valence-electron chi connectivity index (χ0n) is 14.9. The van der Waals surface area contributed by atoms with E-state index in [0.29, 0.717) is 12.5 Å². The third-order valence-corrected chi connectivity index (χ3v) is 4.19. The Labute approximate surface area is 162 Å². The second-order valence-corrected chi connectivity index (χ2v) is 6.20. The fraction of sp³-hybridized carbons (Fsp3) is 0.444. The number of nitrogens with two attached hydrogens (primary N) is 1. The number of hydrogen-bond donors (Lipinski definition) is 2. The number of amides is 1. The van der Waals surface area contributed by atoms with Crippen LogP contribution in [0.4, 0.5) is 0 Å². The molecule has 1 aromatic heterocycles.